The maximum atomic E-state index is 12.3. The van der Waals surface area contributed by atoms with Gasteiger partial charge in [-0.1, -0.05) is 12.1 Å². The van der Waals surface area contributed by atoms with E-state index in [2.05, 4.69) is 10.6 Å². The zero-order chi connectivity index (χ0) is 18.5. The minimum absolute atomic E-state index is 0.207. The average molecular weight is 352 g/mol. The van der Waals surface area contributed by atoms with Crippen LogP contribution in [0.2, 0.25) is 0 Å². The Kier molecular flexibility index (Phi) is 5.31. The number of anilines is 1. The van der Waals surface area contributed by atoms with Gasteiger partial charge in [0.15, 0.2) is 0 Å². The maximum absolute atomic E-state index is 12.3. The molecule has 0 aliphatic carbocycles. The van der Waals surface area contributed by atoms with Crippen LogP contribution in [0.25, 0.3) is 0 Å². The van der Waals surface area contributed by atoms with Crippen molar-refractivity contribution < 1.29 is 19.1 Å². The molecular formula is C20H20N2O4. The first-order valence-electron chi connectivity index (χ1n) is 8.52. The summed E-state index contributed by atoms with van der Waals surface area (Å²) in [6.45, 7) is 2.48. The van der Waals surface area contributed by atoms with Gasteiger partial charge in [-0.05, 0) is 55.3 Å². The van der Waals surface area contributed by atoms with E-state index >= 15 is 0 Å². The summed E-state index contributed by atoms with van der Waals surface area (Å²) in [5.74, 6) is -0.238. The van der Waals surface area contributed by atoms with Gasteiger partial charge in [-0.15, -0.1) is 0 Å². The number of carbonyl (C=O) groups excluding carboxylic acids is 3. The second-order valence-corrected chi connectivity index (χ2v) is 6.13. The van der Waals surface area contributed by atoms with Crippen LogP contribution >= 0.6 is 0 Å². The van der Waals surface area contributed by atoms with Crippen LogP contribution < -0.4 is 15.4 Å². The van der Waals surface area contributed by atoms with Crippen molar-refractivity contribution in [1.82, 2.24) is 5.32 Å². The minimum atomic E-state index is -0.313. The molecule has 0 aromatic heterocycles. The summed E-state index contributed by atoms with van der Waals surface area (Å²) >= 11 is 0. The van der Waals surface area contributed by atoms with Gasteiger partial charge in [0.25, 0.3) is 5.91 Å². The Morgan fingerprint density at radius 3 is 2.38 bits per heavy atom. The first-order chi connectivity index (χ1) is 12.5. The third kappa shape index (κ3) is 4.27. The Balaban J connectivity index is 1.59. The zero-order valence-corrected chi connectivity index (χ0v) is 14.5. The maximum Gasteiger partial charge on any atom is 0.255 e. The van der Waals surface area contributed by atoms with Gasteiger partial charge in [-0.3, -0.25) is 19.7 Å². The Morgan fingerprint density at radius 2 is 1.81 bits per heavy atom. The number of carbonyl (C=O) groups is 3. The molecule has 1 aliphatic heterocycles. The van der Waals surface area contributed by atoms with Crippen molar-refractivity contribution in [3.05, 3.63) is 59.7 Å². The van der Waals surface area contributed by atoms with E-state index in [0.29, 0.717) is 24.3 Å². The molecule has 6 heteroatoms. The fraction of sp³-hybridized carbons (Fsp3) is 0.250. The highest BCUT2D eigenvalue weighted by Gasteiger charge is 2.30. The number of ether oxygens (including phenoxy) is 1. The zero-order valence-electron chi connectivity index (χ0n) is 14.5. The van der Waals surface area contributed by atoms with Gasteiger partial charge in [0.05, 0.1) is 12.5 Å². The van der Waals surface area contributed by atoms with Crippen molar-refractivity contribution in [2.24, 2.45) is 5.92 Å². The van der Waals surface area contributed by atoms with Crippen LogP contribution in [0.1, 0.15) is 29.3 Å². The topological polar surface area (TPSA) is 84.5 Å². The smallest absolute Gasteiger partial charge is 0.255 e. The fourth-order valence-electron chi connectivity index (χ4n) is 2.85. The van der Waals surface area contributed by atoms with Crippen molar-refractivity contribution in [3.63, 3.8) is 0 Å². The largest absolute Gasteiger partial charge is 0.494 e. The van der Waals surface area contributed by atoms with Crippen molar-refractivity contribution in [1.29, 1.82) is 0 Å². The highest BCUT2D eigenvalue weighted by Crippen LogP contribution is 2.19. The van der Waals surface area contributed by atoms with Gasteiger partial charge in [-0.2, -0.15) is 0 Å². The molecule has 1 aliphatic rings. The number of hydrogen-bond donors (Lipinski definition) is 2. The number of imide groups is 1. The number of amides is 3. The van der Waals surface area contributed by atoms with Crippen molar-refractivity contribution in [2.45, 2.75) is 19.8 Å². The highest BCUT2D eigenvalue weighted by molar-refractivity contribution is 6.04. The lowest BCUT2D eigenvalue weighted by Crippen LogP contribution is -2.22. The van der Waals surface area contributed by atoms with Crippen LogP contribution in [0.15, 0.2) is 48.5 Å². The molecule has 1 fully saturated rings. The van der Waals surface area contributed by atoms with Crippen LogP contribution in [-0.2, 0) is 16.0 Å². The number of hydrogen-bond acceptors (Lipinski definition) is 4. The summed E-state index contributed by atoms with van der Waals surface area (Å²) in [7, 11) is 0. The molecule has 0 radical (unpaired) electrons. The third-order valence-electron chi connectivity index (χ3n) is 4.19. The molecule has 2 aromatic rings. The van der Waals surface area contributed by atoms with E-state index in [1.165, 1.54) is 0 Å². The first-order valence-corrected chi connectivity index (χ1v) is 8.52. The number of rotatable bonds is 6. The van der Waals surface area contributed by atoms with Gasteiger partial charge >= 0.3 is 0 Å². The Labute approximate surface area is 151 Å². The Hall–Kier alpha value is -3.15. The van der Waals surface area contributed by atoms with Gasteiger partial charge < -0.3 is 10.1 Å². The number of benzene rings is 2. The SMILES string of the molecule is CCOc1ccc(C(=O)Nc2ccc(CC3CC(=O)NC3=O)cc2)cc1. The summed E-state index contributed by atoms with van der Waals surface area (Å²) in [6, 6.07) is 14.2. The molecule has 134 valence electrons. The summed E-state index contributed by atoms with van der Waals surface area (Å²) in [4.78, 5) is 35.1. The van der Waals surface area contributed by atoms with E-state index in [4.69, 9.17) is 4.74 Å². The molecule has 3 amide bonds. The van der Waals surface area contributed by atoms with Gasteiger partial charge in [0.1, 0.15) is 5.75 Å². The summed E-state index contributed by atoms with van der Waals surface area (Å²) < 4.78 is 5.36. The molecule has 0 saturated carbocycles. The molecule has 1 unspecified atom stereocenters. The van der Waals surface area contributed by atoms with E-state index < -0.39 is 0 Å². The molecule has 26 heavy (non-hydrogen) atoms. The highest BCUT2D eigenvalue weighted by atomic mass is 16.5. The van der Waals surface area contributed by atoms with Crippen LogP contribution in [0, 0.1) is 5.92 Å². The lowest BCUT2D eigenvalue weighted by atomic mass is 9.98. The Bertz CT molecular complexity index is 813. The predicted molar refractivity (Wildman–Crippen MR) is 97.0 cm³/mol. The molecule has 1 heterocycles. The standard InChI is InChI=1S/C20H20N2O4/c1-2-26-17-9-5-14(6-10-17)19(24)21-16-7-3-13(4-8-16)11-15-12-18(23)22-20(15)25/h3-10,15H,2,11-12H2,1H3,(H,21,24)(H,22,23,25). The lowest BCUT2D eigenvalue weighted by molar-refractivity contribution is -0.125. The first kappa shape index (κ1) is 17.7. The predicted octanol–water partition coefficient (Wildman–Crippen LogP) is 2.54. The van der Waals surface area contributed by atoms with Crippen LogP contribution in [0.4, 0.5) is 5.69 Å². The molecule has 0 bridgehead atoms. The molecule has 0 spiro atoms. The lowest BCUT2D eigenvalue weighted by Gasteiger charge is -2.09. The molecule has 2 aromatic carbocycles. The average Bonchev–Trinajstić information content (AvgIpc) is 2.94. The molecule has 6 nitrogen and oxygen atoms in total. The van der Waals surface area contributed by atoms with E-state index in [1.54, 1.807) is 36.4 Å². The summed E-state index contributed by atoms with van der Waals surface area (Å²) in [5.41, 5.74) is 2.15. The molecule has 2 N–H and O–H groups in total. The second kappa shape index (κ2) is 7.82. The summed E-state index contributed by atoms with van der Waals surface area (Å²) in [6.07, 6.45) is 0.736. The Morgan fingerprint density at radius 1 is 1.12 bits per heavy atom. The minimum Gasteiger partial charge on any atom is -0.494 e. The number of nitrogens with one attached hydrogen (secondary N) is 2. The molecule has 3 rings (SSSR count). The monoisotopic (exact) mass is 352 g/mol. The van der Waals surface area contributed by atoms with Crippen LogP contribution in [0.5, 0.6) is 5.75 Å². The summed E-state index contributed by atoms with van der Waals surface area (Å²) in [5, 5.41) is 5.14. The third-order valence-corrected chi connectivity index (χ3v) is 4.19. The van der Waals surface area contributed by atoms with E-state index in [0.717, 1.165) is 11.3 Å². The normalized spacial score (nSPS) is 16.3. The van der Waals surface area contributed by atoms with Crippen molar-refractivity contribution in [3.8, 4) is 5.75 Å². The van der Waals surface area contributed by atoms with Crippen molar-refractivity contribution >= 4 is 23.4 Å². The molecule has 1 atom stereocenters. The van der Waals surface area contributed by atoms with Crippen LogP contribution in [-0.4, -0.2) is 24.3 Å². The van der Waals surface area contributed by atoms with Crippen molar-refractivity contribution in [2.75, 3.05) is 11.9 Å². The molecule has 1 saturated heterocycles. The van der Waals surface area contributed by atoms with Gasteiger partial charge in [0.2, 0.25) is 11.8 Å². The van der Waals surface area contributed by atoms with E-state index in [9.17, 15) is 14.4 Å². The fourth-order valence-corrected chi connectivity index (χ4v) is 2.85. The van der Waals surface area contributed by atoms with E-state index in [-0.39, 0.29) is 30.1 Å². The quantitative estimate of drug-likeness (QED) is 0.783. The second-order valence-electron chi connectivity index (χ2n) is 6.13. The molecular weight excluding hydrogens is 332 g/mol. The van der Waals surface area contributed by atoms with Crippen LogP contribution in [0.3, 0.4) is 0 Å². The van der Waals surface area contributed by atoms with E-state index in [1.807, 2.05) is 19.1 Å². The van der Waals surface area contributed by atoms with Gasteiger partial charge in [-0.25, -0.2) is 0 Å². The van der Waals surface area contributed by atoms with Gasteiger partial charge in [0, 0.05) is 17.7 Å².